The molecule has 0 fully saturated rings. The molecule has 1 rings (SSSR count). The van der Waals surface area contributed by atoms with Gasteiger partial charge in [-0.25, -0.2) is 0 Å². The zero-order valence-corrected chi connectivity index (χ0v) is 8.33. The Morgan fingerprint density at radius 1 is 1.46 bits per heavy atom. The van der Waals surface area contributed by atoms with E-state index >= 15 is 0 Å². The molecule has 0 aliphatic carbocycles. The molecule has 72 valence electrons. The number of rotatable bonds is 4. The maximum atomic E-state index is 5.45. The Kier molecular flexibility index (Phi) is 3.86. The van der Waals surface area contributed by atoms with E-state index in [9.17, 15) is 0 Å². The third-order valence-electron chi connectivity index (χ3n) is 1.94. The Hall–Kier alpha value is -0.930. The van der Waals surface area contributed by atoms with Gasteiger partial charge in [-0.2, -0.15) is 0 Å². The lowest BCUT2D eigenvalue weighted by Gasteiger charge is -2.14. The van der Waals surface area contributed by atoms with Crippen LogP contribution in [0.1, 0.15) is 11.3 Å². The molecule has 0 radical (unpaired) electrons. The number of hydrogen-bond acceptors (Lipinski definition) is 3. The molecule has 0 spiro atoms. The van der Waals surface area contributed by atoms with E-state index in [2.05, 4.69) is 23.0 Å². The summed E-state index contributed by atoms with van der Waals surface area (Å²) in [4.78, 5) is 6.42. The summed E-state index contributed by atoms with van der Waals surface area (Å²) in [6.07, 6.45) is 1.92. The molecule has 0 bridgehead atoms. The molecule has 0 amide bonds. The lowest BCUT2D eigenvalue weighted by Crippen LogP contribution is -2.24. The Balaban J connectivity index is 2.49. The van der Waals surface area contributed by atoms with E-state index in [-0.39, 0.29) is 0 Å². The van der Waals surface area contributed by atoms with E-state index in [1.165, 1.54) is 5.56 Å². The van der Waals surface area contributed by atoms with Gasteiger partial charge in [0.15, 0.2) is 0 Å². The maximum absolute atomic E-state index is 5.45. The summed E-state index contributed by atoms with van der Waals surface area (Å²) in [5, 5.41) is 0. The van der Waals surface area contributed by atoms with Crippen molar-refractivity contribution in [3.63, 3.8) is 0 Å². The van der Waals surface area contributed by atoms with Crippen LogP contribution in [0.4, 0.5) is 0 Å². The van der Waals surface area contributed by atoms with Crippen molar-refractivity contribution >= 4 is 0 Å². The number of nitrogens with two attached hydrogens (primary N) is 1. The average Bonchev–Trinajstić information content (AvgIpc) is 2.09. The molecule has 3 heteroatoms. The number of nitrogens with zero attached hydrogens (tertiary/aromatic N) is 2. The molecule has 0 unspecified atom stereocenters. The van der Waals surface area contributed by atoms with Gasteiger partial charge in [-0.05, 0) is 25.6 Å². The number of hydrogen-bond donors (Lipinski definition) is 1. The lowest BCUT2D eigenvalue weighted by atomic mass is 10.2. The quantitative estimate of drug-likeness (QED) is 0.742. The minimum atomic E-state index is 0.704. The zero-order chi connectivity index (χ0) is 9.68. The fraction of sp³-hybridized carbons (Fsp3) is 0.500. The summed E-state index contributed by atoms with van der Waals surface area (Å²) in [6, 6.07) is 4.14. The van der Waals surface area contributed by atoms with Crippen LogP contribution >= 0.6 is 0 Å². The van der Waals surface area contributed by atoms with Gasteiger partial charge in [0.05, 0.1) is 0 Å². The van der Waals surface area contributed by atoms with Crippen LogP contribution in [0.2, 0.25) is 0 Å². The molecule has 0 aromatic carbocycles. The normalized spacial score (nSPS) is 10.8. The van der Waals surface area contributed by atoms with Gasteiger partial charge in [0.1, 0.15) is 0 Å². The molecule has 3 nitrogen and oxygen atoms in total. The highest BCUT2D eigenvalue weighted by atomic mass is 15.1. The molecule has 2 N–H and O–H groups in total. The van der Waals surface area contributed by atoms with Crippen LogP contribution < -0.4 is 5.73 Å². The lowest BCUT2D eigenvalue weighted by molar-refractivity contribution is 0.336. The third kappa shape index (κ3) is 3.53. The Morgan fingerprint density at radius 3 is 2.77 bits per heavy atom. The van der Waals surface area contributed by atoms with Crippen LogP contribution in [0.25, 0.3) is 0 Å². The first-order valence-electron chi connectivity index (χ1n) is 4.52. The van der Waals surface area contributed by atoms with Crippen LogP contribution in [0.3, 0.4) is 0 Å². The molecule has 0 saturated carbocycles. The van der Waals surface area contributed by atoms with Gasteiger partial charge in [-0.15, -0.1) is 0 Å². The van der Waals surface area contributed by atoms with E-state index in [4.69, 9.17) is 5.73 Å². The van der Waals surface area contributed by atoms with Crippen LogP contribution in [0.5, 0.6) is 0 Å². The predicted octanol–water partition coefficient (Wildman–Crippen LogP) is 0.781. The van der Waals surface area contributed by atoms with Gasteiger partial charge in [0.25, 0.3) is 0 Å². The van der Waals surface area contributed by atoms with Crippen molar-refractivity contribution in [1.82, 2.24) is 9.88 Å². The van der Waals surface area contributed by atoms with Gasteiger partial charge in [0.2, 0.25) is 0 Å². The summed E-state index contributed by atoms with van der Waals surface area (Å²) < 4.78 is 0. The smallest absolute Gasteiger partial charge is 0.0372 e. The fourth-order valence-corrected chi connectivity index (χ4v) is 1.20. The Labute approximate surface area is 79.6 Å². The monoisotopic (exact) mass is 179 g/mol. The summed E-state index contributed by atoms with van der Waals surface area (Å²) in [5.41, 5.74) is 7.75. The SMILES string of the molecule is Cc1ccc(CN(C)CCN)cn1. The van der Waals surface area contributed by atoms with Gasteiger partial charge in [-0.1, -0.05) is 6.07 Å². The average molecular weight is 179 g/mol. The van der Waals surface area contributed by atoms with E-state index in [0.29, 0.717) is 6.54 Å². The second kappa shape index (κ2) is 4.94. The number of aryl methyl sites for hydroxylation is 1. The molecule has 0 saturated heterocycles. The minimum absolute atomic E-state index is 0.704. The van der Waals surface area contributed by atoms with Crippen LogP contribution in [-0.4, -0.2) is 30.0 Å². The summed E-state index contributed by atoms with van der Waals surface area (Å²) in [5.74, 6) is 0. The largest absolute Gasteiger partial charge is 0.329 e. The molecular formula is C10H17N3. The number of pyridine rings is 1. The van der Waals surface area contributed by atoms with E-state index in [1.807, 2.05) is 19.2 Å². The molecule has 13 heavy (non-hydrogen) atoms. The highest BCUT2D eigenvalue weighted by molar-refractivity contribution is 5.12. The third-order valence-corrected chi connectivity index (χ3v) is 1.94. The zero-order valence-electron chi connectivity index (χ0n) is 8.33. The van der Waals surface area contributed by atoms with Gasteiger partial charge in [0, 0.05) is 31.5 Å². The second-order valence-electron chi connectivity index (χ2n) is 3.33. The van der Waals surface area contributed by atoms with Crippen molar-refractivity contribution < 1.29 is 0 Å². The van der Waals surface area contributed by atoms with Gasteiger partial charge >= 0.3 is 0 Å². The maximum Gasteiger partial charge on any atom is 0.0372 e. The number of likely N-dealkylation sites (N-methyl/N-ethyl adjacent to an activating group) is 1. The fourth-order valence-electron chi connectivity index (χ4n) is 1.20. The molecule has 1 aromatic heterocycles. The van der Waals surface area contributed by atoms with Crippen molar-refractivity contribution in [2.75, 3.05) is 20.1 Å². The van der Waals surface area contributed by atoms with E-state index in [1.54, 1.807) is 0 Å². The van der Waals surface area contributed by atoms with E-state index in [0.717, 1.165) is 18.8 Å². The molecule has 0 aliphatic heterocycles. The highest BCUT2D eigenvalue weighted by Crippen LogP contribution is 2.01. The summed E-state index contributed by atoms with van der Waals surface area (Å²) >= 11 is 0. The van der Waals surface area contributed by atoms with Gasteiger partial charge in [-0.3, -0.25) is 4.98 Å². The van der Waals surface area contributed by atoms with Crippen LogP contribution in [-0.2, 0) is 6.54 Å². The highest BCUT2D eigenvalue weighted by Gasteiger charge is 1.98. The standard InChI is InChI=1S/C10H17N3/c1-9-3-4-10(7-12-9)8-13(2)6-5-11/h3-4,7H,5-6,8,11H2,1-2H3. The van der Waals surface area contributed by atoms with E-state index < -0.39 is 0 Å². The van der Waals surface area contributed by atoms with Crippen molar-refractivity contribution in [3.05, 3.63) is 29.6 Å². The first-order chi connectivity index (χ1) is 6.22. The van der Waals surface area contributed by atoms with Crippen molar-refractivity contribution in [3.8, 4) is 0 Å². The summed E-state index contributed by atoms with van der Waals surface area (Å²) in [7, 11) is 2.06. The topological polar surface area (TPSA) is 42.1 Å². The van der Waals surface area contributed by atoms with Crippen molar-refractivity contribution in [2.45, 2.75) is 13.5 Å². The Bertz CT molecular complexity index is 243. The van der Waals surface area contributed by atoms with Crippen LogP contribution in [0, 0.1) is 6.92 Å². The molecule has 1 aromatic rings. The molecular weight excluding hydrogens is 162 g/mol. The van der Waals surface area contributed by atoms with Crippen LogP contribution in [0.15, 0.2) is 18.3 Å². The van der Waals surface area contributed by atoms with Crippen molar-refractivity contribution in [1.29, 1.82) is 0 Å². The molecule has 0 aliphatic rings. The minimum Gasteiger partial charge on any atom is -0.329 e. The van der Waals surface area contributed by atoms with Gasteiger partial charge < -0.3 is 10.6 Å². The summed E-state index contributed by atoms with van der Waals surface area (Å²) in [6.45, 7) is 4.54. The molecule has 1 heterocycles. The Morgan fingerprint density at radius 2 is 2.23 bits per heavy atom. The van der Waals surface area contributed by atoms with Crippen molar-refractivity contribution in [2.24, 2.45) is 5.73 Å². The first-order valence-corrected chi connectivity index (χ1v) is 4.52. The molecule has 0 atom stereocenters. The second-order valence-corrected chi connectivity index (χ2v) is 3.33. The predicted molar refractivity (Wildman–Crippen MR) is 54.4 cm³/mol. The number of aromatic nitrogens is 1. The first kappa shape index (κ1) is 10.2.